The Morgan fingerprint density at radius 2 is 1.80 bits per heavy atom. The lowest BCUT2D eigenvalue weighted by molar-refractivity contribution is -0.182. The predicted molar refractivity (Wildman–Crippen MR) is 146 cm³/mol. The first-order chi connectivity index (χ1) is 18.8. The van der Waals surface area contributed by atoms with E-state index in [0.29, 0.717) is 23.7 Å². The van der Waals surface area contributed by atoms with E-state index in [-0.39, 0.29) is 30.1 Å². The van der Waals surface area contributed by atoms with E-state index in [1.54, 1.807) is 13.8 Å². The molecule has 40 heavy (non-hydrogen) atoms. The van der Waals surface area contributed by atoms with Gasteiger partial charge in [-0.2, -0.15) is 0 Å². The summed E-state index contributed by atoms with van der Waals surface area (Å²) in [7, 11) is 3.69. The summed E-state index contributed by atoms with van der Waals surface area (Å²) in [6, 6.07) is 2.20. The Morgan fingerprint density at radius 3 is 2.38 bits per heavy atom. The highest BCUT2D eigenvalue weighted by molar-refractivity contribution is 6.32. The van der Waals surface area contributed by atoms with Gasteiger partial charge in [-0.15, -0.1) is 0 Å². The molecule has 216 valence electrons. The van der Waals surface area contributed by atoms with E-state index in [0.717, 1.165) is 31.4 Å². The smallest absolute Gasteiger partial charge is 0.235 e. The Kier molecular flexibility index (Phi) is 7.15. The predicted octanol–water partition coefficient (Wildman–Crippen LogP) is 1.31. The second-order valence-electron chi connectivity index (χ2n) is 12.7. The zero-order valence-corrected chi connectivity index (χ0v) is 23.5. The first-order valence-corrected chi connectivity index (χ1v) is 14.3. The second kappa shape index (κ2) is 10.1. The molecule has 1 amide bonds. The van der Waals surface area contributed by atoms with Crippen LogP contribution in [0, 0.1) is 35.5 Å². The average Bonchev–Trinajstić information content (AvgIpc) is 3.39. The molecule has 10 heteroatoms. The summed E-state index contributed by atoms with van der Waals surface area (Å²) < 4.78 is 0. The number of rotatable bonds is 6. The number of aliphatic hydroxyl groups is 1. The van der Waals surface area contributed by atoms with Crippen LogP contribution in [0.15, 0.2) is 6.07 Å². The Hall–Kier alpha value is -3.11. The van der Waals surface area contributed by atoms with Crippen LogP contribution in [0.5, 0.6) is 5.75 Å². The molecule has 0 aromatic heterocycles. The van der Waals surface area contributed by atoms with Crippen LogP contribution in [0.25, 0.3) is 0 Å². The first-order valence-electron chi connectivity index (χ1n) is 14.3. The SMILES string of the molecule is CC(C)[C@@H]1C(=O)C(C(N)=O)C(=O)[C@@]2(O)C(=O)C3C(=O)c4c(O)c(CNC5CCCC5)cc(N(C)C)c4C[C@H]3C[C@@H]12. The molecule has 4 aliphatic rings. The monoisotopic (exact) mass is 553 g/mol. The molecule has 5 rings (SSSR count). The summed E-state index contributed by atoms with van der Waals surface area (Å²) in [6.45, 7) is 3.82. The highest BCUT2D eigenvalue weighted by Crippen LogP contribution is 2.54. The van der Waals surface area contributed by atoms with Gasteiger partial charge in [0.25, 0.3) is 0 Å². The molecule has 0 radical (unpaired) electrons. The number of phenols is 1. The van der Waals surface area contributed by atoms with Crippen molar-refractivity contribution < 1.29 is 34.2 Å². The third kappa shape index (κ3) is 4.10. The van der Waals surface area contributed by atoms with E-state index in [2.05, 4.69) is 5.32 Å². The van der Waals surface area contributed by atoms with Crippen molar-refractivity contribution in [2.45, 2.75) is 70.6 Å². The molecule has 0 saturated heterocycles. The summed E-state index contributed by atoms with van der Waals surface area (Å²) in [5.74, 6) is -11.3. The van der Waals surface area contributed by atoms with Crippen molar-refractivity contribution in [2.75, 3.05) is 19.0 Å². The van der Waals surface area contributed by atoms with Crippen LogP contribution in [0.1, 0.15) is 67.4 Å². The van der Waals surface area contributed by atoms with Crippen LogP contribution in [0.2, 0.25) is 0 Å². The Bertz CT molecular complexity index is 1300. The van der Waals surface area contributed by atoms with Crippen molar-refractivity contribution >= 4 is 34.7 Å². The van der Waals surface area contributed by atoms with Crippen LogP contribution >= 0.6 is 0 Å². The summed E-state index contributed by atoms with van der Waals surface area (Å²) in [5.41, 5.74) is 4.66. The van der Waals surface area contributed by atoms with Crippen LogP contribution < -0.4 is 16.0 Å². The number of fused-ring (bicyclic) bond motifs is 3. The molecule has 0 heterocycles. The molecule has 10 nitrogen and oxygen atoms in total. The lowest BCUT2D eigenvalue weighted by Crippen LogP contribution is -2.71. The van der Waals surface area contributed by atoms with Gasteiger partial charge in [-0.3, -0.25) is 24.0 Å². The molecule has 0 bridgehead atoms. The van der Waals surface area contributed by atoms with Crippen molar-refractivity contribution in [1.29, 1.82) is 0 Å². The summed E-state index contributed by atoms with van der Waals surface area (Å²) in [4.78, 5) is 68.9. The number of Topliss-reactive ketones (excluding diaryl/α,β-unsaturated/α-hetero) is 4. The summed E-state index contributed by atoms with van der Waals surface area (Å²) >= 11 is 0. The molecule has 3 saturated carbocycles. The van der Waals surface area contributed by atoms with E-state index >= 15 is 0 Å². The van der Waals surface area contributed by atoms with Gasteiger partial charge >= 0.3 is 0 Å². The van der Waals surface area contributed by atoms with Crippen molar-refractivity contribution in [3.8, 4) is 5.75 Å². The van der Waals surface area contributed by atoms with E-state index in [1.165, 1.54) is 0 Å². The summed E-state index contributed by atoms with van der Waals surface area (Å²) in [6.07, 6.45) is 4.70. The molecule has 6 atom stereocenters. The third-order valence-electron chi connectivity index (χ3n) is 9.79. The Balaban J connectivity index is 1.59. The standard InChI is InChI=1S/C30H39N3O7/c1-13(2)20-18-10-14-9-17-19(33(3)4)11-15(12-32-16-7-5-6-8-16)24(34)22(17)26(36)21(14)27(37)30(18,40)28(38)23(25(20)35)29(31)39/h11,13-14,16,18,20-21,23,32,34,40H,5-10,12H2,1-4H3,(H2,31,39)/t14-,18-,20-,21?,23?,30-/m0/s1. The zero-order chi connectivity index (χ0) is 29.3. The quantitative estimate of drug-likeness (QED) is 0.380. The molecule has 3 fully saturated rings. The maximum absolute atomic E-state index is 14.1. The number of nitrogens with one attached hydrogen (secondary N) is 1. The normalized spacial score (nSPS) is 32.2. The van der Waals surface area contributed by atoms with E-state index in [1.807, 2.05) is 25.1 Å². The minimum Gasteiger partial charge on any atom is -0.507 e. The van der Waals surface area contributed by atoms with Gasteiger partial charge in [0.2, 0.25) is 5.91 Å². The maximum atomic E-state index is 14.1. The van der Waals surface area contributed by atoms with Gasteiger partial charge in [0, 0.05) is 49.8 Å². The van der Waals surface area contributed by atoms with Gasteiger partial charge < -0.3 is 26.2 Å². The number of primary amides is 1. The Morgan fingerprint density at radius 1 is 1.15 bits per heavy atom. The highest BCUT2D eigenvalue weighted by atomic mass is 16.3. The largest absolute Gasteiger partial charge is 0.507 e. The van der Waals surface area contributed by atoms with E-state index in [9.17, 15) is 34.2 Å². The third-order valence-corrected chi connectivity index (χ3v) is 9.79. The first kappa shape index (κ1) is 28.4. The van der Waals surface area contributed by atoms with Crippen LogP contribution in [0.4, 0.5) is 5.69 Å². The Labute approximate surface area is 233 Å². The fourth-order valence-corrected chi connectivity index (χ4v) is 7.87. The highest BCUT2D eigenvalue weighted by Gasteiger charge is 2.69. The fraction of sp³-hybridized carbons (Fsp3) is 0.633. The van der Waals surface area contributed by atoms with Gasteiger partial charge in [-0.1, -0.05) is 26.7 Å². The van der Waals surface area contributed by atoms with Crippen molar-refractivity contribution in [2.24, 2.45) is 41.2 Å². The maximum Gasteiger partial charge on any atom is 0.235 e. The number of nitrogens with two attached hydrogens (primary N) is 1. The van der Waals surface area contributed by atoms with E-state index in [4.69, 9.17) is 5.73 Å². The van der Waals surface area contributed by atoms with Crippen molar-refractivity contribution in [3.63, 3.8) is 0 Å². The lowest BCUT2D eigenvalue weighted by atomic mass is 9.49. The van der Waals surface area contributed by atoms with E-state index < -0.39 is 64.2 Å². The van der Waals surface area contributed by atoms with Gasteiger partial charge in [-0.25, -0.2) is 0 Å². The molecular formula is C30H39N3O7. The minimum atomic E-state index is -2.68. The molecule has 2 unspecified atom stereocenters. The van der Waals surface area contributed by atoms with Gasteiger partial charge in [0.1, 0.15) is 5.75 Å². The number of carbonyl (C=O) groups excluding carboxylic acids is 5. The lowest BCUT2D eigenvalue weighted by Gasteiger charge is -2.52. The molecule has 4 aliphatic carbocycles. The molecule has 0 spiro atoms. The summed E-state index contributed by atoms with van der Waals surface area (Å²) in [5, 5.41) is 26.6. The zero-order valence-electron chi connectivity index (χ0n) is 23.5. The minimum absolute atomic E-state index is 0.0391. The number of benzene rings is 1. The number of ketones is 4. The van der Waals surface area contributed by atoms with Crippen LogP contribution in [-0.2, 0) is 32.1 Å². The molecule has 0 aliphatic heterocycles. The van der Waals surface area contributed by atoms with Crippen molar-refractivity contribution in [3.05, 3.63) is 22.8 Å². The number of amides is 1. The number of hydrogen-bond donors (Lipinski definition) is 4. The molecule has 5 N–H and O–H groups in total. The second-order valence-corrected chi connectivity index (χ2v) is 12.7. The molecule has 1 aromatic rings. The number of aromatic hydroxyl groups is 1. The molecule has 1 aromatic carbocycles. The number of nitrogens with zero attached hydrogens (tertiary/aromatic N) is 1. The van der Waals surface area contributed by atoms with Crippen LogP contribution in [0.3, 0.4) is 0 Å². The fourth-order valence-electron chi connectivity index (χ4n) is 7.87. The topological polar surface area (TPSA) is 167 Å². The number of hydrogen-bond acceptors (Lipinski definition) is 9. The number of phenolic OH excluding ortho intramolecular Hbond substituents is 1. The number of carbonyl (C=O) groups is 5. The van der Waals surface area contributed by atoms with Gasteiger partial charge in [0.05, 0.1) is 11.5 Å². The van der Waals surface area contributed by atoms with Crippen molar-refractivity contribution in [1.82, 2.24) is 5.32 Å². The number of anilines is 1. The average molecular weight is 554 g/mol. The van der Waals surface area contributed by atoms with Crippen LogP contribution in [-0.4, -0.2) is 65.0 Å². The van der Waals surface area contributed by atoms with Gasteiger partial charge in [-0.05, 0) is 49.1 Å². The molecular weight excluding hydrogens is 514 g/mol. The van der Waals surface area contributed by atoms with Gasteiger partial charge in [0.15, 0.2) is 34.7 Å².